The van der Waals surface area contributed by atoms with Gasteiger partial charge in [0.25, 0.3) is 0 Å². The Bertz CT molecular complexity index is 861. The van der Waals surface area contributed by atoms with Crippen LogP contribution in [0.2, 0.25) is 0 Å². The highest BCUT2D eigenvalue weighted by Crippen LogP contribution is 2.36. The van der Waals surface area contributed by atoms with Gasteiger partial charge in [0.05, 0.1) is 9.88 Å². The molecule has 0 radical (unpaired) electrons. The molecule has 0 unspecified atom stereocenters. The summed E-state index contributed by atoms with van der Waals surface area (Å²) in [5.41, 5.74) is 8.07. The predicted octanol–water partition coefficient (Wildman–Crippen LogP) is 4.26. The number of thiazole rings is 1. The summed E-state index contributed by atoms with van der Waals surface area (Å²) in [6.07, 6.45) is 5.78. The summed E-state index contributed by atoms with van der Waals surface area (Å²) in [5, 5.41) is 1.17. The van der Waals surface area contributed by atoms with Crippen LogP contribution in [0, 0.1) is 0 Å². The van der Waals surface area contributed by atoms with Gasteiger partial charge < -0.3 is 15.2 Å². The SMILES string of the molecule is Nc1ncc(-c2cnc(C3CCOCC3)s2)cc1OCc1ccccc1. The lowest BCUT2D eigenvalue weighted by Crippen LogP contribution is -2.13. The van der Waals surface area contributed by atoms with Gasteiger partial charge in [-0.25, -0.2) is 9.97 Å². The number of anilines is 1. The second-order valence-corrected chi connectivity index (χ2v) is 7.39. The molecule has 26 heavy (non-hydrogen) atoms. The number of benzene rings is 1. The van der Waals surface area contributed by atoms with E-state index in [1.54, 1.807) is 17.5 Å². The van der Waals surface area contributed by atoms with E-state index in [2.05, 4.69) is 9.97 Å². The second-order valence-electron chi connectivity index (χ2n) is 6.33. The number of aromatic nitrogens is 2. The summed E-state index contributed by atoms with van der Waals surface area (Å²) in [7, 11) is 0. The summed E-state index contributed by atoms with van der Waals surface area (Å²) in [6, 6.07) is 12.0. The first-order valence-electron chi connectivity index (χ1n) is 8.75. The maximum Gasteiger partial charge on any atom is 0.166 e. The van der Waals surface area contributed by atoms with E-state index >= 15 is 0 Å². The molecule has 0 amide bonds. The molecule has 2 N–H and O–H groups in total. The Labute approximate surface area is 156 Å². The number of ether oxygens (including phenoxy) is 2. The Morgan fingerprint density at radius 1 is 1.12 bits per heavy atom. The van der Waals surface area contributed by atoms with E-state index in [-0.39, 0.29) is 0 Å². The van der Waals surface area contributed by atoms with Crippen molar-refractivity contribution in [3.05, 3.63) is 59.4 Å². The number of hydrogen-bond acceptors (Lipinski definition) is 6. The molecule has 4 rings (SSSR count). The smallest absolute Gasteiger partial charge is 0.166 e. The van der Waals surface area contributed by atoms with Crippen LogP contribution in [0.3, 0.4) is 0 Å². The van der Waals surface area contributed by atoms with Crippen LogP contribution in [0.15, 0.2) is 48.8 Å². The third kappa shape index (κ3) is 3.86. The molecule has 134 valence electrons. The van der Waals surface area contributed by atoms with Crippen molar-refractivity contribution in [1.82, 2.24) is 9.97 Å². The molecule has 5 nitrogen and oxygen atoms in total. The minimum absolute atomic E-state index is 0.402. The van der Waals surface area contributed by atoms with E-state index in [0.29, 0.717) is 24.1 Å². The van der Waals surface area contributed by atoms with Crippen molar-refractivity contribution in [2.24, 2.45) is 0 Å². The van der Waals surface area contributed by atoms with E-state index in [1.165, 1.54) is 5.01 Å². The number of pyridine rings is 1. The zero-order valence-corrected chi connectivity index (χ0v) is 15.2. The average molecular weight is 367 g/mol. The predicted molar refractivity (Wildman–Crippen MR) is 103 cm³/mol. The van der Waals surface area contributed by atoms with Gasteiger partial charge in [-0.1, -0.05) is 30.3 Å². The van der Waals surface area contributed by atoms with Crippen LogP contribution >= 0.6 is 11.3 Å². The Kier molecular flexibility index (Phi) is 5.13. The molecule has 0 saturated carbocycles. The molecular weight excluding hydrogens is 346 g/mol. The number of hydrogen-bond donors (Lipinski definition) is 1. The number of rotatable bonds is 5. The van der Waals surface area contributed by atoms with Gasteiger partial charge in [0.15, 0.2) is 11.6 Å². The highest BCUT2D eigenvalue weighted by molar-refractivity contribution is 7.15. The lowest BCUT2D eigenvalue weighted by Gasteiger charge is -2.19. The van der Waals surface area contributed by atoms with Crippen molar-refractivity contribution >= 4 is 17.2 Å². The van der Waals surface area contributed by atoms with E-state index in [1.807, 2.05) is 42.6 Å². The minimum Gasteiger partial charge on any atom is -0.485 e. The molecule has 1 saturated heterocycles. The van der Waals surface area contributed by atoms with Crippen LogP contribution in [0.5, 0.6) is 5.75 Å². The fraction of sp³-hybridized carbons (Fsp3) is 0.300. The highest BCUT2D eigenvalue weighted by atomic mass is 32.1. The van der Waals surface area contributed by atoms with Crippen LogP contribution in [-0.2, 0) is 11.3 Å². The van der Waals surface area contributed by atoms with Crippen molar-refractivity contribution in [2.75, 3.05) is 18.9 Å². The van der Waals surface area contributed by atoms with Crippen molar-refractivity contribution in [3.63, 3.8) is 0 Å². The number of nitrogens with two attached hydrogens (primary N) is 1. The lowest BCUT2D eigenvalue weighted by molar-refractivity contribution is 0.0853. The van der Waals surface area contributed by atoms with Crippen molar-refractivity contribution < 1.29 is 9.47 Å². The van der Waals surface area contributed by atoms with Crippen molar-refractivity contribution in [2.45, 2.75) is 25.4 Å². The first-order chi connectivity index (χ1) is 12.8. The molecule has 0 atom stereocenters. The summed E-state index contributed by atoms with van der Waals surface area (Å²) in [6.45, 7) is 2.10. The summed E-state index contributed by atoms with van der Waals surface area (Å²) in [5.74, 6) is 1.50. The van der Waals surface area contributed by atoms with Gasteiger partial charge in [-0.15, -0.1) is 11.3 Å². The molecule has 0 spiro atoms. The molecule has 0 bridgehead atoms. The molecule has 1 aromatic carbocycles. The normalized spacial score (nSPS) is 15.1. The van der Waals surface area contributed by atoms with Crippen LogP contribution in [0.1, 0.15) is 29.3 Å². The van der Waals surface area contributed by atoms with Crippen LogP contribution in [0.25, 0.3) is 10.4 Å². The first-order valence-corrected chi connectivity index (χ1v) is 9.57. The average Bonchev–Trinajstić information content (AvgIpc) is 3.19. The van der Waals surface area contributed by atoms with E-state index in [4.69, 9.17) is 15.2 Å². The third-order valence-electron chi connectivity index (χ3n) is 4.50. The van der Waals surface area contributed by atoms with Gasteiger partial charge in [-0.05, 0) is 24.5 Å². The van der Waals surface area contributed by atoms with Gasteiger partial charge >= 0.3 is 0 Å². The highest BCUT2D eigenvalue weighted by Gasteiger charge is 2.19. The zero-order valence-electron chi connectivity index (χ0n) is 14.4. The minimum atomic E-state index is 0.402. The molecule has 2 aromatic heterocycles. The molecule has 1 aliphatic heterocycles. The Balaban J connectivity index is 1.51. The molecule has 1 aliphatic rings. The Hall–Kier alpha value is -2.44. The maximum atomic E-state index is 5.99. The van der Waals surface area contributed by atoms with Gasteiger partial charge in [-0.2, -0.15) is 0 Å². The number of nitrogen functional groups attached to an aromatic ring is 1. The van der Waals surface area contributed by atoms with Crippen LogP contribution in [0.4, 0.5) is 5.82 Å². The van der Waals surface area contributed by atoms with Gasteiger partial charge in [-0.3, -0.25) is 0 Å². The number of nitrogens with zero attached hydrogens (tertiary/aromatic N) is 2. The lowest BCUT2D eigenvalue weighted by atomic mass is 10.0. The summed E-state index contributed by atoms with van der Waals surface area (Å²) >= 11 is 1.72. The topological polar surface area (TPSA) is 70.3 Å². The van der Waals surface area contributed by atoms with E-state index in [0.717, 1.165) is 42.1 Å². The molecule has 3 heterocycles. The van der Waals surface area contributed by atoms with Crippen molar-refractivity contribution in [3.8, 4) is 16.2 Å². The van der Waals surface area contributed by atoms with Gasteiger partial charge in [0.1, 0.15) is 6.61 Å². The largest absolute Gasteiger partial charge is 0.485 e. The summed E-state index contributed by atoms with van der Waals surface area (Å²) < 4.78 is 11.3. The van der Waals surface area contributed by atoms with Crippen LogP contribution in [-0.4, -0.2) is 23.2 Å². The first kappa shape index (κ1) is 17.0. The Morgan fingerprint density at radius 2 is 1.92 bits per heavy atom. The molecule has 3 aromatic rings. The second kappa shape index (κ2) is 7.85. The van der Waals surface area contributed by atoms with Crippen molar-refractivity contribution in [1.29, 1.82) is 0 Å². The van der Waals surface area contributed by atoms with Gasteiger partial charge in [0, 0.05) is 37.1 Å². The molecule has 1 fully saturated rings. The molecular formula is C20H21N3O2S. The monoisotopic (exact) mass is 367 g/mol. The summed E-state index contributed by atoms with van der Waals surface area (Å²) in [4.78, 5) is 10.0. The van der Waals surface area contributed by atoms with Gasteiger partial charge in [0.2, 0.25) is 0 Å². The Morgan fingerprint density at radius 3 is 2.73 bits per heavy atom. The zero-order chi connectivity index (χ0) is 17.8. The standard InChI is InChI=1S/C20H21N3O2S/c21-19-17(25-13-14-4-2-1-3-5-14)10-16(11-22-19)18-12-23-20(26-18)15-6-8-24-9-7-15/h1-5,10-12,15H,6-9,13H2,(H2,21,22). The van der Waals surface area contributed by atoms with Crippen LogP contribution < -0.4 is 10.5 Å². The molecule has 6 heteroatoms. The molecule has 0 aliphatic carbocycles. The fourth-order valence-electron chi connectivity index (χ4n) is 3.00. The van der Waals surface area contributed by atoms with E-state index < -0.39 is 0 Å². The van der Waals surface area contributed by atoms with E-state index in [9.17, 15) is 0 Å². The maximum absolute atomic E-state index is 5.99. The quantitative estimate of drug-likeness (QED) is 0.729. The fourth-order valence-corrected chi connectivity index (χ4v) is 4.06. The third-order valence-corrected chi connectivity index (χ3v) is 5.71.